The van der Waals surface area contributed by atoms with E-state index in [9.17, 15) is 26.9 Å². The summed E-state index contributed by atoms with van der Waals surface area (Å²) in [6, 6.07) is 39.1. The van der Waals surface area contributed by atoms with E-state index in [2.05, 4.69) is 45.2 Å². The van der Waals surface area contributed by atoms with E-state index < -0.39 is 25.6 Å². The fraction of sp³-hybridized carbons (Fsp3) is 0.220. The minimum Gasteiger partial charge on any atom is -0.497 e. The van der Waals surface area contributed by atoms with Crippen LogP contribution in [-0.2, 0) is 24.7 Å². The number of Topliss-reactive ketones (excluding diaryl/α,β-unsaturated/α-hetero) is 1. The molecule has 0 aliphatic carbocycles. The number of ketones is 1. The Labute approximate surface area is 414 Å². The van der Waals surface area contributed by atoms with E-state index in [-0.39, 0.29) is 50.0 Å². The van der Waals surface area contributed by atoms with Crippen molar-refractivity contribution in [2.45, 2.75) is 50.8 Å². The number of alkyl halides is 2. The number of hydrogen-bond donors (Lipinski definition) is 1. The van der Waals surface area contributed by atoms with Crippen molar-refractivity contribution in [3.8, 4) is 68.9 Å². The van der Waals surface area contributed by atoms with Crippen LogP contribution in [0.5, 0.6) is 34.5 Å². The van der Waals surface area contributed by atoms with Crippen LogP contribution in [0.3, 0.4) is 0 Å². The van der Waals surface area contributed by atoms with Crippen LogP contribution in [0.4, 0.5) is 0 Å². The molecule has 0 aliphatic heterocycles. The number of aryl methyl sites for hydroxylation is 2. The molecule has 0 amide bonds. The number of nitrogens with two attached hydrogens (primary N) is 1. The number of primary sulfonamides is 1. The number of hydrogen-bond acceptors (Lipinski definition) is 11. The van der Waals surface area contributed by atoms with E-state index in [1.165, 1.54) is 26.7 Å². The number of nitriles is 2. The van der Waals surface area contributed by atoms with Gasteiger partial charge < -0.3 is 18.9 Å². The Balaban J connectivity index is 0.000000278. The first-order valence-corrected chi connectivity index (χ1v) is 26.2. The van der Waals surface area contributed by atoms with Gasteiger partial charge >= 0.3 is 0 Å². The Hall–Kier alpha value is -5.51. The third kappa shape index (κ3) is 15.3. The molecule has 2 N–H and O–H groups in total. The molecule has 0 heterocycles. The van der Waals surface area contributed by atoms with Crippen molar-refractivity contribution in [3.63, 3.8) is 0 Å². The predicted octanol–water partition coefficient (Wildman–Crippen LogP) is 11.9. The Bertz CT molecular complexity index is 2980. The zero-order valence-electron chi connectivity index (χ0n) is 37.4. The lowest BCUT2D eigenvalue weighted by Crippen LogP contribution is -2.22. The summed E-state index contributed by atoms with van der Waals surface area (Å²) in [4.78, 5) is 12.1. The summed E-state index contributed by atoms with van der Waals surface area (Å²) >= 11 is 4.55. The van der Waals surface area contributed by atoms with Crippen LogP contribution in [0.25, 0.3) is 22.3 Å². The van der Waals surface area contributed by atoms with Crippen molar-refractivity contribution in [1.29, 1.82) is 10.5 Å². The van der Waals surface area contributed by atoms with Gasteiger partial charge in [-0.25, -0.2) is 22.0 Å². The van der Waals surface area contributed by atoms with Crippen LogP contribution in [0.15, 0.2) is 131 Å². The summed E-state index contributed by atoms with van der Waals surface area (Å²) in [7, 11) is -4.90. The van der Waals surface area contributed by atoms with E-state index in [0.717, 1.165) is 33.8 Å². The monoisotopic (exact) mass is 1150 g/mol. The maximum atomic E-state index is 13.2. The zero-order valence-corrected chi connectivity index (χ0v) is 43.3. The minimum absolute atomic E-state index is 0.0749. The lowest BCUT2D eigenvalue weighted by atomic mass is 9.90. The molecule has 0 aromatic heterocycles. The number of sulfone groups is 1. The van der Waals surface area contributed by atoms with Gasteiger partial charge in [-0.2, -0.15) is 10.5 Å². The normalized spacial score (nSPS) is 11.0. The molecule has 344 valence electrons. The number of carbonyl (C=O) groups excluding carboxylic acids is 1. The molecule has 12 nitrogen and oxygen atoms in total. The second kappa shape index (κ2) is 23.8. The smallest absolute Gasteiger partial charge is 0.241 e. The highest BCUT2D eigenvalue weighted by atomic mass is 127. The Morgan fingerprint density at radius 3 is 1.36 bits per heavy atom. The molecule has 66 heavy (non-hydrogen) atoms. The lowest BCUT2D eigenvalue weighted by molar-refractivity contribution is -0.118. The van der Waals surface area contributed by atoms with Gasteiger partial charge in [0.15, 0.2) is 9.84 Å². The molecular weight excluding hydrogens is 1100 g/mol. The van der Waals surface area contributed by atoms with Crippen LogP contribution in [0, 0.1) is 41.9 Å². The Kier molecular flexibility index (Phi) is 19.1. The first-order valence-electron chi connectivity index (χ1n) is 20.0. The second-order valence-corrected chi connectivity index (χ2v) is 23.8. The first-order chi connectivity index (χ1) is 31.1. The molecule has 0 saturated heterocycles. The van der Waals surface area contributed by atoms with E-state index in [1.807, 2.05) is 106 Å². The molecule has 0 spiro atoms. The SMILES string of the molecule is COc1ccc(-c2cccc(Oc3cc(C)c(C#N)cc3S(=O)(=O)CC(=O)CC(C)(C)C)c2)cc1.COc1ccc(-c2cccc(Oc3cc(C)c(C#N)cc3S(N)(=O)=O)c2)cc1.ICI. The number of ether oxygens (including phenoxy) is 4. The predicted molar refractivity (Wildman–Crippen MR) is 274 cm³/mol. The van der Waals surface area contributed by atoms with Gasteiger partial charge in [0, 0.05) is 6.42 Å². The standard InChI is InChI=1S/C28H29NO5S.C21H18N2O4S.CH2I2/c1-19-13-26(27(15-22(19)17-29)35(31,32)18-23(30)16-28(2,3)4)34-25-8-6-7-21(14-25)20-9-11-24(33-5)12-10-20;1-14-10-20(21(28(23,24)25)12-17(14)13-22)27-19-5-3-4-16(11-19)15-6-8-18(26-2)9-7-15;2-1-3/h6-15H,16,18H2,1-5H3;3-12H,1-2H3,(H2,23,24,25);1H2. The van der Waals surface area contributed by atoms with Gasteiger partial charge in [-0.3, -0.25) is 4.79 Å². The fourth-order valence-corrected chi connectivity index (χ4v) is 8.47. The summed E-state index contributed by atoms with van der Waals surface area (Å²) in [5.74, 6) is 1.49. The van der Waals surface area contributed by atoms with Gasteiger partial charge in [0.25, 0.3) is 0 Å². The molecule has 0 unspecified atom stereocenters. The molecule has 0 fully saturated rings. The molecule has 0 radical (unpaired) electrons. The summed E-state index contributed by atoms with van der Waals surface area (Å²) in [6.45, 7) is 9.04. The molecule has 16 heteroatoms. The molecule has 0 bridgehead atoms. The molecule has 0 saturated carbocycles. The third-order valence-electron chi connectivity index (χ3n) is 9.51. The van der Waals surface area contributed by atoms with Crippen LogP contribution in [0.2, 0.25) is 0 Å². The van der Waals surface area contributed by atoms with Crippen LogP contribution >= 0.6 is 45.2 Å². The Morgan fingerprint density at radius 1 is 0.606 bits per heavy atom. The van der Waals surface area contributed by atoms with E-state index in [1.54, 1.807) is 52.3 Å². The first kappa shape index (κ1) is 53.1. The molecule has 6 aromatic carbocycles. The lowest BCUT2D eigenvalue weighted by Gasteiger charge is -2.18. The van der Waals surface area contributed by atoms with E-state index in [4.69, 9.17) is 29.3 Å². The van der Waals surface area contributed by atoms with Crippen molar-refractivity contribution < 1.29 is 40.6 Å². The highest BCUT2D eigenvalue weighted by molar-refractivity contribution is 14.2. The quantitative estimate of drug-likeness (QED) is 0.0853. The summed E-state index contributed by atoms with van der Waals surface area (Å²) in [5.41, 5.74) is 4.93. The largest absolute Gasteiger partial charge is 0.497 e. The van der Waals surface area contributed by atoms with Gasteiger partial charge in [0.05, 0.1) is 39.9 Å². The number of rotatable bonds is 13. The van der Waals surface area contributed by atoms with E-state index >= 15 is 0 Å². The minimum atomic E-state index is -4.06. The number of nitrogens with zero attached hydrogens (tertiary/aromatic N) is 2. The number of halogens is 2. The van der Waals surface area contributed by atoms with Gasteiger partial charge in [-0.15, -0.1) is 0 Å². The summed E-state index contributed by atoms with van der Waals surface area (Å²) in [6.07, 6.45) is 0.128. The van der Waals surface area contributed by atoms with Crippen molar-refractivity contribution >= 4 is 70.8 Å². The number of methoxy groups -OCH3 is 2. The van der Waals surface area contributed by atoms with Crippen LogP contribution < -0.4 is 24.1 Å². The maximum Gasteiger partial charge on any atom is 0.241 e. The third-order valence-corrected chi connectivity index (χ3v) is 12.1. The van der Waals surface area contributed by atoms with Crippen molar-refractivity contribution in [1.82, 2.24) is 0 Å². The highest BCUT2D eigenvalue weighted by Crippen LogP contribution is 2.36. The average Bonchev–Trinajstić information content (AvgIpc) is 3.26. The van der Waals surface area contributed by atoms with Crippen LogP contribution in [-0.4, -0.2) is 45.0 Å². The second-order valence-electron chi connectivity index (χ2n) is 15.8. The molecule has 0 atom stereocenters. The van der Waals surface area contributed by atoms with Gasteiger partial charge in [0.1, 0.15) is 55.8 Å². The number of carbonyl (C=O) groups is 1. The van der Waals surface area contributed by atoms with Crippen molar-refractivity contribution in [2.24, 2.45) is 10.6 Å². The zero-order chi connectivity index (χ0) is 48.8. The van der Waals surface area contributed by atoms with Crippen LogP contribution in [0.1, 0.15) is 49.4 Å². The number of sulfonamides is 1. The van der Waals surface area contributed by atoms with Gasteiger partial charge in [0.2, 0.25) is 10.0 Å². The molecule has 6 rings (SSSR count). The van der Waals surface area contributed by atoms with E-state index in [0.29, 0.717) is 22.6 Å². The van der Waals surface area contributed by atoms with Gasteiger partial charge in [-0.1, -0.05) is 114 Å². The fourth-order valence-electron chi connectivity index (χ4n) is 6.42. The van der Waals surface area contributed by atoms with Crippen molar-refractivity contribution in [2.75, 3.05) is 22.4 Å². The average molecular weight is 1150 g/mol. The number of benzene rings is 6. The van der Waals surface area contributed by atoms with Crippen molar-refractivity contribution in [3.05, 3.63) is 144 Å². The summed E-state index contributed by atoms with van der Waals surface area (Å²) < 4.78 is 73.8. The highest BCUT2D eigenvalue weighted by Gasteiger charge is 2.28. The van der Waals surface area contributed by atoms with Gasteiger partial charge in [-0.05, 0) is 125 Å². The molecule has 6 aromatic rings. The topological polar surface area (TPSA) is 196 Å². The molecular formula is C50H49I2N3O9S2. The summed E-state index contributed by atoms with van der Waals surface area (Å²) in [5, 5.41) is 23.9. The maximum absolute atomic E-state index is 13.2. The molecule has 0 aliphatic rings. The Morgan fingerprint density at radius 2 is 1.00 bits per heavy atom.